The lowest BCUT2D eigenvalue weighted by Crippen LogP contribution is -2.41. The van der Waals surface area contributed by atoms with Crippen molar-refractivity contribution in [1.29, 1.82) is 0 Å². The second kappa shape index (κ2) is 11.8. The van der Waals surface area contributed by atoms with Crippen molar-refractivity contribution in [2.24, 2.45) is 0 Å². The van der Waals surface area contributed by atoms with E-state index in [2.05, 4.69) is 10.9 Å². The van der Waals surface area contributed by atoms with Gasteiger partial charge >= 0.3 is 0 Å². The molecular weight excluding hydrogens is 478 g/mol. The molecule has 6 nitrogen and oxygen atoms in total. The first kappa shape index (κ1) is 24.7. The Morgan fingerprint density at radius 1 is 1.12 bits per heavy atom. The summed E-state index contributed by atoms with van der Waals surface area (Å²) in [7, 11) is 0. The summed E-state index contributed by atoms with van der Waals surface area (Å²) in [5.74, 6) is -1.000. The quantitative estimate of drug-likeness (QED) is 0.327. The van der Waals surface area contributed by atoms with Gasteiger partial charge in [-0.05, 0) is 48.8 Å². The van der Waals surface area contributed by atoms with Crippen LogP contribution in [-0.2, 0) is 9.59 Å². The minimum atomic E-state index is -0.466. The van der Waals surface area contributed by atoms with Gasteiger partial charge in [0.25, 0.3) is 11.8 Å². The number of halogens is 1. The van der Waals surface area contributed by atoms with Crippen LogP contribution in [0.3, 0.4) is 0 Å². The number of nitrogens with zero attached hydrogens (tertiary/aromatic N) is 1. The molecule has 0 radical (unpaired) electrons. The van der Waals surface area contributed by atoms with Gasteiger partial charge in [-0.2, -0.15) is 0 Å². The number of thiocarbonyl (C=S) groups is 1. The molecule has 3 amide bonds. The molecule has 0 unspecified atom stereocenters. The van der Waals surface area contributed by atoms with Crippen molar-refractivity contribution >= 4 is 63.7 Å². The number of hydrogen-bond acceptors (Lipinski definition) is 5. The van der Waals surface area contributed by atoms with Crippen molar-refractivity contribution in [3.05, 3.63) is 87.3 Å². The van der Waals surface area contributed by atoms with Crippen molar-refractivity contribution in [1.82, 2.24) is 15.8 Å². The van der Waals surface area contributed by atoms with Gasteiger partial charge in [-0.15, -0.1) is 0 Å². The minimum Gasteiger partial charge on any atom is -0.293 e. The van der Waals surface area contributed by atoms with Crippen LogP contribution >= 0.6 is 35.6 Å². The molecular formula is C24H22ClN3O3S2. The zero-order valence-corrected chi connectivity index (χ0v) is 20.2. The molecule has 1 aliphatic heterocycles. The highest BCUT2D eigenvalue weighted by Gasteiger charge is 2.31. The Morgan fingerprint density at radius 3 is 2.61 bits per heavy atom. The van der Waals surface area contributed by atoms with Crippen molar-refractivity contribution in [2.75, 3.05) is 6.54 Å². The van der Waals surface area contributed by atoms with E-state index < -0.39 is 5.91 Å². The highest BCUT2D eigenvalue weighted by atomic mass is 35.5. The first-order valence-corrected chi connectivity index (χ1v) is 11.8. The zero-order valence-electron chi connectivity index (χ0n) is 17.8. The largest absolute Gasteiger partial charge is 0.293 e. The fourth-order valence-electron chi connectivity index (χ4n) is 3.04. The number of allylic oxidation sites excluding steroid dienone is 2. The minimum absolute atomic E-state index is 0.124. The van der Waals surface area contributed by atoms with E-state index >= 15 is 0 Å². The summed E-state index contributed by atoms with van der Waals surface area (Å²) in [5.41, 5.74) is 7.04. The second-order valence-electron chi connectivity index (χ2n) is 7.25. The molecule has 0 atom stereocenters. The highest BCUT2D eigenvalue weighted by molar-refractivity contribution is 8.26. The molecule has 9 heteroatoms. The fraction of sp³-hybridized carbons (Fsp3) is 0.167. The number of carbonyl (C=O) groups excluding carboxylic acids is 3. The van der Waals surface area contributed by atoms with Crippen molar-refractivity contribution < 1.29 is 14.4 Å². The van der Waals surface area contributed by atoms with E-state index in [0.29, 0.717) is 32.8 Å². The number of hydrazine groups is 1. The van der Waals surface area contributed by atoms with Crippen LogP contribution in [0.25, 0.3) is 6.08 Å². The summed E-state index contributed by atoms with van der Waals surface area (Å²) in [6.07, 6.45) is 4.34. The van der Waals surface area contributed by atoms with Crippen molar-refractivity contribution in [3.8, 4) is 0 Å². The van der Waals surface area contributed by atoms with E-state index in [9.17, 15) is 14.4 Å². The Balaban J connectivity index is 1.46. The Hall–Kier alpha value is -2.94. The van der Waals surface area contributed by atoms with Crippen LogP contribution in [0.5, 0.6) is 0 Å². The van der Waals surface area contributed by atoms with Gasteiger partial charge in [0, 0.05) is 23.6 Å². The Bertz CT molecular complexity index is 1130. The van der Waals surface area contributed by atoms with Gasteiger partial charge in [0.1, 0.15) is 4.32 Å². The standard InChI is InChI=1S/C24H22ClN3O3S2/c1-16(13-17-7-3-2-4-8-17)14-20-23(31)28(24(32)33-20)12-6-11-21(29)26-27-22(30)18-9-5-10-19(25)15-18/h2-5,7-10,13-15H,6,11-12H2,1H3,(H,26,29)(H,27,30)/b16-13+,20-14-. The van der Waals surface area contributed by atoms with Crippen LogP contribution in [0.15, 0.2) is 71.2 Å². The number of carbonyl (C=O) groups is 3. The van der Waals surface area contributed by atoms with E-state index in [0.717, 1.165) is 11.1 Å². The van der Waals surface area contributed by atoms with Crippen molar-refractivity contribution in [3.63, 3.8) is 0 Å². The van der Waals surface area contributed by atoms with Gasteiger partial charge in [-0.25, -0.2) is 0 Å². The average Bonchev–Trinajstić information content (AvgIpc) is 3.05. The molecule has 2 aromatic rings. The van der Waals surface area contributed by atoms with Crippen LogP contribution in [0.1, 0.15) is 35.7 Å². The summed E-state index contributed by atoms with van der Waals surface area (Å²) >= 11 is 12.5. The number of rotatable bonds is 7. The Morgan fingerprint density at radius 2 is 1.88 bits per heavy atom. The van der Waals surface area contributed by atoms with Crippen molar-refractivity contribution in [2.45, 2.75) is 19.8 Å². The highest BCUT2D eigenvalue weighted by Crippen LogP contribution is 2.32. The van der Waals surface area contributed by atoms with Crippen LogP contribution in [-0.4, -0.2) is 33.5 Å². The molecule has 2 aromatic carbocycles. The molecule has 0 aliphatic carbocycles. The molecule has 0 aromatic heterocycles. The Labute approximate surface area is 207 Å². The monoisotopic (exact) mass is 499 g/mol. The van der Waals surface area contributed by atoms with Crippen LogP contribution in [0, 0.1) is 0 Å². The number of hydrogen-bond donors (Lipinski definition) is 2. The van der Waals surface area contributed by atoms with E-state index in [4.69, 9.17) is 23.8 Å². The lowest BCUT2D eigenvalue weighted by atomic mass is 10.1. The summed E-state index contributed by atoms with van der Waals surface area (Å²) in [5, 5.41) is 0.428. The molecule has 2 N–H and O–H groups in total. The zero-order chi connectivity index (χ0) is 23.8. The molecule has 0 saturated carbocycles. The predicted molar refractivity (Wildman–Crippen MR) is 136 cm³/mol. The summed E-state index contributed by atoms with van der Waals surface area (Å²) in [6, 6.07) is 16.2. The third-order valence-electron chi connectivity index (χ3n) is 4.61. The van der Waals surface area contributed by atoms with E-state index in [1.54, 1.807) is 18.2 Å². The van der Waals surface area contributed by atoms with Gasteiger partial charge in [-0.3, -0.25) is 30.1 Å². The number of amides is 3. The molecule has 0 spiro atoms. The molecule has 1 fully saturated rings. The lowest BCUT2D eigenvalue weighted by molar-refractivity contribution is -0.124. The normalized spacial score (nSPS) is 15.2. The van der Waals surface area contributed by atoms with Crippen LogP contribution < -0.4 is 10.9 Å². The van der Waals surface area contributed by atoms with Crippen LogP contribution in [0.4, 0.5) is 0 Å². The first-order chi connectivity index (χ1) is 15.8. The van der Waals surface area contributed by atoms with Crippen LogP contribution in [0.2, 0.25) is 5.02 Å². The molecule has 0 bridgehead atoms. The smallest absolute Gasteiger partial charge is 0.269 e. The SMILES string of the molecule is CC(/C=C1\SC(=S)N(CCCC(=O)NNC(=O)c2cccc(Cl)c2)C1=O)=C\c1ccccc1. The third kappa shape index (κ3) is 7.28. The maximum Gasteiger partial charge on any atom is 0.269 e. The molecule has 1 saturated heterocycles. The first-order valence-electron chi connectivity index (χ1n) is 10.2. The second-order valence-corrected chi connectivity index (χ2v) is 9.36. The summed E-state index contributed by atoms with van der Waals surface area (Å²) in [6.45, 7) is 2.25. The topological polar surface area (TPSA) is 78.5 Å². The summed E-state index contributed by atoms with van der Waals surface area (Å²) < 4.78 is 0.466. The van der Waals surface area contributed by atoms with Gasteiger partial charge in [0.15, 0.2) is 0 Å². The van der Waals surface area contributed by atoms with E-state index in [1.807, 2.05) is 49.4 Å². The number of benzene rings is 2. The van der Waals surface area contributed by atoms with E-state index in [-0.39, 0.29) is 18.2 Å². The van der Waals surface area contributed by atoms with Gasteiger partial charge in [0.2, 0.25) is 5.91 Å². The van der Waals surface area contributed by atoms with Gasteiger partial charge in [0.05, 0.1) is 4.91 Å². The average molecular weight is 500 g/mol. The third-order valence-corrected chi connectivity index (χ3v) is 6.23. The van der Waals surface area contributed by atoms with Gasteiger partial charge < -0.3 is 0 Å². The fourth-order valence-corrected chi connectivity index (χ4v) is 4.59. The maximum absolute atomic E-state index is 12.7. The predicted octanol–water partition coefficient (Wildman–Crippen LogP) is 4.73. The Kier molecular flexibility index (Phi) is 8.82. The molecule has 170 valence electrons. The molecule has 1 heterocycles. The molecule has 33 heavy (non-hydrogen) atoms. The molecule has 1 aliphatic rings. The number of nitrogens with one attached hydrogen (secondary N) is 2. The van der Waals surface area contributed by atoms with Gasteiger partial charge in [-0.1, -0.05) is 78.1 Å². The maximum atomic E-state index is 12.7. The number of thioether (sulfide) groups is 1. The lowest BCUT2D eigenvalue weighted by Gasteiger charge is -2.14. The summed E-state index contributed by atoms with van der Waals surface area (Å²) in [4.78, 5) is 38.9. The van der Waals surface area contributed by atoms with E-state index in [1.165, 1.54) is 22.7 Å². The molecule has 3 rings (SSSR count).